The lowest BCUT2D eigenvalue weighted by Crippen LogP contribution is -2.46. The van der Waals surface area contributed by atoms with Crippen molar-refractivity contribution in [1.82, 2.24) is 19.4 Å². The fourth-order valence-electron chi connectivity index (χ4n) is 5.61. The summed E-state index contributed by atoms with van der Waals surface area (Å²) in [6, 6.07) is 16.6. The van der Waals surface area contributed by atoms with Crippen LogP contribution >= 0.6 is 11.6 Å². The number of aromatic nitrogens is 3. The summed E-state index contributed by atoms with van der Waals surface area (Å²) in [4.78, 5) is 25.9. The molecule has 2 saturated heterocycles. The van der Waals surface area contributed by atoms with Crippen LogP contribution in [0.2, 0.25) is 5.02 Å². The molecule has 0 amide bonds. The third kappa shape index (κ3) is 5.29. The van der Waals surface area contributed by atoms with Crippen LogP contribution in [0.1, 0.15) is 28.2 Å². The first-order chi connectivity index (χ1) is 20.5. The SMILES string of the molecule is O=C(O)c1ccc2nc(CN3CCN(c4cccc(OCc5ccc(Cl)c6ccoc56)n4)CC3)n(C[C@@H]3CCO3)c2c1. The van der Waals surface area contributed by atoms with Crippen molar-refractivity contribution >= 4 is 45.4 Å². The topological polar surface area (TPSA) is 106 Å². The van der Waals surface area contributed by atoms with Crippen molar-refractivity contribution in [2.24, 2.45) is 0 Å². The number of halogens is 1. The van der Waals surface area contributed by atoms with E-state index in [-0.39, 0.29) is 11.7 Å². The fraction of sp³-hybridized carbons (Fsp3) is 0.323. The molecule has 3 aromatic heterocycles. The Labute approximate surface area is 247 Å². The van der Waals surface area contributed by atoms with Gasteiger partial charge in [0, 0.05) is 49.8 Å². The van der Waals surface area contributed by atoms with Gasteiger partial charge < -0.3 is 28.5 Å². The monoisotopic (exact) mass is 587 g/mol. The van der Waals surface area contributed by atoms with Crippen LogP contribution in [-0.2, 0) is 24.4 Å². The molecule has 0 bridgehead atoms. The fourth-order valence-corrected chi connectivity index (χ4v) is 5.82. The molecule has 0 radical (unpaired) electrons. The third-order valence-electron chi connectivity index (χ3n) is 8.04. The van der Waals surface area contributed by atoms with E-state index in [1.165, 1.54) is 0 Å². The van der Waals surface area contributed by atoms with Crippen LogP contribution in [0.25, 0.3) is 22.0 Å². The number of ether oxygens (including phenoxy) is 2. The van der Waals surface area contributed by atoms with Crippen LogP contribution < -0.4 is 9.64 Å². The van der Waals surface area contributed by atoms with Crippen LogP contribution in [0, 0.1) is 0 Å². The van der Waals surface area contributed by atoms with Crippen molar-refractivity contribution in [1.29, 1.82) is 0 Å². The first-order valence-corrected chi connectivity index (χ1v) is 14.5. The number of benzene rings is 2. The molecule has 0 saturated carbocycles. The molecule has 42 heavy (non-hydrogen) atoms. The van der Waals surface area contributed by atoms with E-state index in [0.29, 0.717) is 30.6 Å². The predicted molar refractivity (Wildman–Crippen MR) is 158 cm³/mol. The van der Waals surface area contributed by atoms with Crippen molar-refractivity contribution in [3.05, 3.63) is 82.8 Å². The Hall–Kier alpha value is -4.12. The van der Waals surface area contributed by atoms with Crippen LogP contribution in [0.15, 0.2) is 65.3 Å². The Morgan fingerprint density at radius 2 is 1.93 bits per heavy atom. The van der Waals surface area contributed by atoms with Crippen molar-refractivity contribution < 1.29 is 23.8 Å². The number of carboxylic acid groups (broad SMARTS) is 1. The quantitative estimate of drug-likeness (QED) is 0.248. The summed E-state index contributed by atoms with van der Waals surface area (Å²) in [7, 11) is 0. The lowest BCUT2D eigenvalue weighted by Gasteiger charge is -2.35. The van der Waals surface area contributed by atoms with Crippen LogP contribution in [0.4, 0.5) is 5.82 Å². The van der Waals surface area contributed by atoms with E-state index in [0.717, 1.165) is 78.4 Å². The molecule has 0 aliphatic carbocycles. The minimum atomic E-state index is -0.940. The zero-order valence-corrected chi connectivity index (χ0v) is 23.7. The zero-order valence-electron chi connectivity index (χ0n) is 22.9. The summed E-state index contributed by atoms with van der Waals surface area (Å²) in [6.45, 7) is 5.76. The van der Waals surface area contributed by atoms with Gasteiger partial charge in [0.1, 0.15) is 23.8 Å². The van der Waals surface area contributed by atoms with Crippen molar-refractivity contribution in [3.63, 3.8) is 0 Å². The molecule has 0 unspecified atom stereocenters. The summed E-state index contributed by atoms with van der Waals surface area (Å²) in [6.07, 6.45) is 2.77. The van der Waals surface area contributed by atoms with Gasteiger partial charge in [-0.2, -0.15) is 4.98 Å². The van der Waals surface area contributed by atoms with E-state index >= 15 is 0 Å². The Morgan fingerprint density at radius 3 is 2.71 bits per heavy atom. The molecular formula is C31H30ClN5O5. The normalized spacial score (nSPS) is 17.5. The molecule has 0 spiro atoms. The second kappa shape index (κ2) is 11.3. The number of carbonyl (C=O) groups is 1. The molecule has 2 aliphatic rings. The Kier molecular flexibility index (Phi) is 7.19. The molecule has 2 aromatic carbocycles. The minimum absolute atomic E-state index is 0.136. The molecule has 2 fully saturated rings. The zero-order chi connectivity index (χ0) is 28.6. The van der Waals surface area contributed by atoms with E-state index in [1.807, 2.05) is 36.4 Å². The van der Waals surface area contributed by atoms with E-state index in [1.54, 1.807) is 24.5 Å². The molecule has 11 heteroatoms. The average Bonchev–Trinajstić information content (AvgIpc) is 3.61. The standard InChI is InChI=1S/C31H30ClN5O5/c32-24-6-4-21(30-23(24)9-15-41-30)19-42-29-3-1-2-27(34-29)36-12-10-35(11-13-36)18-28-33-25-7-5-20(31(38)39)16-26(25)37(28)17-22-8-14-40-22/h1-7,9,15-16,22H,8,10-14,17-19H2,(H,38,39)/t22-/m0/s1. The second-order valence-corrected chi connectivity index (χ2v) is 11.1. The van der Waals surface area contributed by atoms with Gasteiger partial charge in [0.2, 0.25) is 5.88 Å². The maximum atomic E-state index is 11.6. The molecule has 216 valence electrons. The largest absolute Gasteiger partial charge is 0.478 e. The highest BCUT2D eigenvalue weighted by Gasteiger charge is 2.25. The van der Waals surface area contributed by atoms with Gasteiger partial charge in [0.15, 0.2) is 0 Å². The Balaban J connectivity index is 1.01. The average molecular weight is 588 g/mol. The van der Waals surface area contributed by atoms with Crippen molar-refractivity contribution in [2.45, 2.75) is 32.2 Å². The van der Waals surface area contributed by atoms with Gasteiger partial charge in [-0.05, 0) is 42.8 Å². The predicted octanol–water partition coefficient (Wildman–Crippen LogP) is 5.22. The number of furan rings is 1. The molecule has 5 heterocycles. The number of hydrogen-bond acceptors (Lipinski definition) is 8. The number of fused-ring (bicyclic) bond motifs is 2. The number of piperazine rings is 1. The summed E-state index contributed by atoms with van der Waals surface area (Å²) >= 11 is 6.27. The number of pyridine rings is 1. The van der Waals surface area contributed by atoms with Gasteiger partial charge >= 0.3 is 5.97 Å². The van der Waals surface area contributed by atoms with E-state index < -0.39 is 5.97 Å². The summed E-state index contributed by atoms with van der Waals surface area (Å²) in [5.41, 5.74) is 3.55. The number of nitrogens with zero attached hydrogens (tertiary/aromatic N) is 5. The van der Waals surface area contributed by atoms with Gasteiger partial charge in [-0.1, -0.05) is 23.7 Å². The molecule has 2 aliphatic heterocycles. The lowest BCUT2D eigenvalue weighted by atomic mass is 10.1. The summed E-state index contributed by atoms with van der Waals surface area (Å²) in [5, 5.41) is 11.0. The van der Waals surface area contributed by atoms with Gasteiger partial charge in [-0.25, -0.2) is 9.78 Å². The van der Waals surface area contributed by atoms with Gasteiger partial charge in [-0.15, -0.1) is 0 Å². The van der Waals surface area contributed by atoms with Crippen molar-refractivity contribution in [2.75, 3.05) is 37.7 Å². The first-order valence-electron chi connectivity index (χ1n) is 14.1. The third-order valence-corrected chi connectivity index (χ3v) is 8.37. The molecular weight excluding hydrogens is 558 g/mol. The number of anilines is 1. The Bertz CT molecular complexity index is 1760. The van der Waals surface area contributed by atoms with E-state index in [9.17, 15) is 9.90 Å². The molecule has 10 nitrogen and oxygen atoms in total. The lowest BCUT2D eigenvalue weighted by molar-refractivity contribution is -0.0592. The smallest absolute Gasteiger partial charge is 0.335 e. The highest BCUT2D eigenvalue weighted by atomic mass is 35.5. The number of carboxylic acids is 1. The molecule has 1 N–H and O–H groups in total. The first kappa shape index (κ1) is 26.8. The molecule has 1 atom stereocenters. The summed E-state index contributed by atoms with van der Waals surface area (Å²) < 4.78 is 19.5. The van der Waals surface area contributed by atoms with Crippen LogP contribution in [0.3, 0.4) is 0 Å². The number of imidazole rings is 1. The maximum absolute atomic E-state index is 11.6. The molecule has 5 aromatic rings. The van der Waals surface area contributed by atoms with Crippen LogP contribution in [-0.4, -0.2) is 69.4 Å². The van der Waals surface area contributed by atoms with E-state index in [4.69, 9.17) is 35.5 Å². The van der Waals surface area contributed by atoms with E-state index in [2.05, 4.69) is 14.4 Å². The number of rotatable bonds is 9. The number of aromatic carboxylic acids is 1. The summed E-state index contributed by atoms with van der Waals surface area (Å²) in [5.74, 6) is 1.42. The van der Waals surface area contributed by atoms with Crippen molar-refractivity contribution in [3.8, 4) is 5.88 Å². The second-order valence-electron chi connectivity index (χ2n) is 10.7. The Morgan fingerprint density at radius 1 is 1.07 bits per heavy atom. The minimum Gasteiger partial charge on any atom is -0.478 e. The van der Waals surface area contributed by atoms with Gasteiger partial charge in [0.05, 0.1) is 47.1 Å². The highest BCUT2D eigenvalue weighted by molar-refractivity contribution is 6.35. The number of hydrogen-bond donors (Lipinski definition) is 1. The van der Waals surface area contributed by atoms with Gasteiger partial charge in [-0.3, -0.25) is 4.90 Å². The van der Waals surface area contributed by atoms with Crippen LogP contribution in [0.5, 0.6) is 5.88 Å². The molecule has 7 rings (SSSR count). The highest BCUT2D eigenvalue weighted by Crippen LogP contribution is 2.29. The van der Waals surface area contributed by atoms with Gasteiger partial charge in [0.25, 0.3) is 0 Å². The maximum Gasteiger partial charge on any atom is 0.335 e.